The molecule has 0 aliphatic carbocycles. The van der Waals surface area contributed by atoms with Crippen LogP contribution in [0.4, 0.5) is 0 Å². The fourth-order valence-electron chi connectivity index (χ4n) is 3.97. The average molecular weight is 530 g/mol. The number of aliphatic imine (C=N–C) groups is 1. The van der Waals surface area contributed by atoms with Crippen molar-refractivity contribution in [3.63, 3.8) is 0 Å². The summed E-state index contributed by atoms with van der Waals surface area (Å²) in [5, 5.41) is 8.17. The van der Waals surface area contributed by atoms with Gasteiger partial charge in [0.15, 0.2) is 5.96 Å². The van der Waals surface area contributed by atoms with Gasteiger partial charge in [-0.25, -0.2) is 4.98 Å². The zero-order valence-electron chi connectivity index (χ0n) is 18.2. The fraction of sp³-hybridized carbons (Fsp3) is 0.333. The lowest BCUT2D eigenvalue weighted by molar-refractivity contribution is 0.623. The number of halogens is 1. The normalized spacial score (nSPS) is 11.6. The number of aryl methyl sites for hydroxylation is 3. The standard InChI is InChI=1S/C24H30N6.HI/c1-18-29-22-12-5-6-13-23(22)30(18)16-8-15-27-24(25-2)26-14-7-9-19-17-28-21-11-4-3-10-20(19)21;/h3-6,10-13,17,28H,7-9,14-16H2,1-2H3,(H2,25,26,27);1H. The van der Waals surface area contributed by atoms with Crippen molar-refractivity contribution < 1.29 is 0 Å². The van der Waals surface area contributed by atoms with E-state index in [1.165, 1.54) is 22.0 Å². The molecule has 4 aromatic rings. The third-order valence-corrected chi connectivity index (χ3v) is 5.51. The molecule has 0 spiro atoms. The van der Waals surface area contributed by atoms with Crippen LogP contribution in [0.25, 0.3) is 21.9 Å². The highest BCUT2D eigenvalue weighted by Crippen LogP contribution is 2.18. The number of fused-ring (bicyclic) bond motifs is 2. The molecule has 0 atom stereocenters. The van der Waals surface area contributed by atoms with E-state index in [4.69, 9.17) is 0 Å². The number of aromatic nitrogens is 3. The molecule has 3 N–H and O–H groups in total. The van der Waals surface area contributed by atoms with Gasteiger partial charge in [0, 0.05) is 43.8 Å². The Kier molecular flexibility index (Phi) is 8.34. The highest BCUT2D eigenvalue weighted by Gasteiger charge is 2.06. The molecule has 0 bridgehead atoms. The molecule has 0 aliphatic heterocycles. The number of hydrogen-bond acceptors (Lipinski definition) is 2. The lowest BCUT2D eigenvalue weighted by Crippen LogP contribution is -2.38. The van der Waals surface area contributed by atoms with Crippen LogP contribution in [0.5, 0.6) is 0 Å². The number of guanidine groups is 1. The van der Waals surface area contributed by atoms with Gasteiger partial charge < -0.3 is 20.2 Å². The van der Waals surface area contributed by atoms with Gasteiger partial charge in [0.05, 0.1) is 11.0 Å². The quantitative estimate of drug-likeness (QED) is 0.135. The minimum absolute atomic E-state index is 0. The van der Waals surface area contributed by atoms with Crippen LogP contribution in [0.1, 0.15) is 24.2 Å². The topological polar surface area (TPSA) is 70.0 Å². The molecule has 0 saturated carbocycles. The Hall–Kier alpha value is -2.55. The SMILES string of the molecule is CN=C(NCCCc1c[nH]c2ccccc12)NCCCn1c(C)nc2ccccc21.I. The Morgan fingerprint density at radius 3 is 2.61 bits per heavy atom. The maximum absolute atomic E-state index is 4.64. The summed E-state index contributed by atoms with van der Waals surface area (Å²) in [6, 6.07) is 16.8. The van der Waals surface area contributed by atoms with Crippen LogP contribution in [0.15, 0.2) is 59.7 Å². The summed E-state index contributed by atoms with van der Waals surface area (Å²) in [4.78, 5) is 12.3. The van der Waals surface area contributed by atoms with Gasteiger partial charge in [-0.3, -0.25) is 4.99 Å². The van der Waals surface area contributed by atoms with E-state index in [0.717, 1.165) is 56.2 Å². The van der Waals surface area contributed by atoms with Gasteiger partial charge >= 0.3 is 0 Å². The summed E-state index contributed by atoms with van der Waals surface area (Å²) in [7, 11) is 1.82. The van der Waals surface area contributed by atoms with Gasteiger partial charge in [-0.15, -0.1) is 24.0 Å². The van der Waals surface area contributed by atoms with E-state index in [0.29, 0.717) is 0 Å². The van der Waals surface area contributed by atoms with Crippen molar-refractivity contribution in [3.8, 4) is 0 Å². The van der Waals surface area contributed by atoms with Crippen LogP contribution >= 0.6 is 24.0 Å². The number of benzene rings is 2. The first-order valence-electron chi connectivity index (χ1n) is 10.7. The summed E-state index contributed by atoms with van der Waals surface area (Å²) in [5.74, 6) is 1.93. The molecule has 2 aromatic carbocycles. The molecule has 2 aromatic heterocycles. The van der Waals surface area contributed by atoms with Crippen molar-refractivity contribution in [2.75, 3.05) is 20.1 Å². The number of nitrogens with one attached hydrogen (secondary N) is 3. The lowest BCUT2D eigenvalue weighted by atomic mass is 10.1. The zero-order valence-corrected chi connectivity index (χ0v) is 20.5. The number of imidazole rings is 1. The van der Waals surface area contributed by atoms with Gasteiger partial charge in [0.25, 0.3) is 0 Å². The highest BCUT2D eigenvalue weighted by molar-refractivity contribution is 14.0. The minimum Gasteiger partial charge on any atom is -0.361 e. The van der Waals surface area contributed by atoms with E-state index in [1.54, 1.807) is 0 Å². The molecule has 0 unspecified atom stereocenters. The van der Waals surface area contributed by atoms with E-state index >= 15 is 0 Å². The van der Waals surface area contributed by atoms with E-state index in [-0.39, 0.29) is 24.0 Å². The van der Waals surface area contributed by atoms with E-state index in [9.17, 15) is 0 Å². The number of aromatic amines is 1. The van der Waals surface area contributed by atoms with Crippen LogP contribution in [-0.2, 0) is 13.0 Å². The monoisotopic (exact) mass is 530 g/mol. The summed E-state index contributed by atoms with van der Waals surface area (Å²) in [5.41, 5.74) is 4.85. The van der Waals surface area contributed by atoms with Gasteiger partial charge in [0.1, 0.15) is 5.82 Å². The molecular formula is C24H31IN6. The van der Waals surface area contributed by atoms with Crippen molar-refractivity contribution in [2.45, 2.75) is 32.7 Å². The number of hydrogen-bond donors (Lipinski definition) is 3. The molecule has 0 aliphatic rings. The van der Waals surface area contributed by atoms with Crippen molar-refractivity contribution in [1.29, 1.82) is 0 Å². The Bertz CT molecular complexity index is 1140. The molecule has 31 heavy (non-hydrogen) atoms. The van der Waals surface area contributed by atoms with Crippen molar-refractivity contribution in [3.05, 3.63) is 66.1 Å². The van der Waals surface area contributed by atoms with Crippen molar-refractivity contribution in [2.24, 2.45) is 4.99 Å². The molecule has 7 heteroatoms. The Morgan fingerprint density at radius 2 is 1.77 bits per heavy atom. The Balaban J connectivity index is 0.00000272. The summed E-state index contributed by atoms with van der Waals surface area (Å²) in [6.07, 6.45) is 5.24. The maximum atomic E-state index is 4.64. The van der Waals surface area contributed by atoms with Gasteiger partial charge in [-0.05, 0) is 49.9 Å². The Labute approximate surface area is 200 Å². The largest absolute Gasteiger partial charge is 0.361 e. The molecule has 0 radical (unpaired) electrons. The third kappa shape index (κ3) is 5.58. The summed E-state index contributed by atoms with van der Waals surface area (Å²) in [6.45, 7) is 4.77. The lowest BCUT2D eigenvalue weighted by Gasteiger charge is -2.12. The van der Waals surface area contributed by atoms with Crippen molar-refractivity contribution >= 4 is 51.9 Å². The molecule has 4 rings (SSSR count). The summed E-state index contributed by atoms with van der Waals surface area (Å²) >= 11 is 0. The molecule has 2 heterocycles. The number of H-pyrrole nitrogens is 1. The fourth-order valence-corrected chi connectivity index (χ4v) is 3.97. The predicted molar refractivity (Wildman–Crippen MR) is 140 cm³/mol. The second-order valence-electron chi connectivity index (χ2n) is 7.54. The predicted octanol–water partition coefficient (Wildman–Crippen LogP) is 4.63. The molecule has 164 valence electrons. The number of para-hydroxylation sites is 3. The van der Waals surface area contributed by atoms with Crippen LogP contribution in [-0.4, -0.2) is 40.6 Å². The average Bonchev–Trinajstić information content (AvgIpc) is 3.33. The molecule has 6 nitrogen and oxygen atoms in total. The highest BCUT2D eigenvalue weighted by atomic mass is 127. The third-order valence-electron chi connectivity index (χ3n) is 5.51. The van der Waals surface area contributed by atoms with Crippen LogP contribution in [0.3, 0.4) is 0 Å². The van der Waals surface area contributed by atoms with Crippen molar-refractivity contribution in [1.82, 2.24) is 25.2 Å². The molecule has 0 fully saturated rings. The Morgan fingerprint density at radius 1 is 1.03 bits per heavy atom. The van der Waals surface area contributed by atoms with E-state index in [2.05, 4.69) is 85.7 Å². The molecule has 0 amide bonds. The maximum Gasteiger partial charge on any atom is 0.190 e. The van der Waals surface area contributed by atoms with E-state index in [1.807, 2.05) is 13.1 Å². The molecular weight excluding hydrogens is 499 g/mol. The van der Waals surface area contributed by atoms with Gasteiger partial charge in [-0.1, -0.05) is 30.3 Å². The first-order chi connectivity index (χ1) is 14.8. The smallest absolute Gasteiger partial charge is 0.190 e. The summed E-state index contributed by atoms with van der Waals surface area (Å²) < 4.78 is 2.29. The van der Waals surface area contributed by atoms with Gasteiger partial charge in [0.2, 0.25) is 0 Å². The minimum atomic E-state index is 0. The zero-order chi connectivity index (χ0) is 20.8. The van der Waals surface area contributed by atoms with Crippen LogP contribution in [0, 0.1) is 6.92 Å². The number of nitrogens with zero attached hydrogens (tertiary/aromatic N) is 3. The number of rotatable bonds is 8. The first kappa shape index (κ1) is 23.1. The van der Waals surface area contributed by atoms with Crippen LogP contribution in [0.2, 0.25) is 0 Å². The molecule has 0 saturated heterocycles. The van der Waals surface area contributed by atoms with E-state index < -0.39 is 0 Å². The first-order valence-corrected chi connectivity index (χ1v) is 10.7. The second-order valence-corrected chi connectivity index (χ2v) is 7.54. The van der Waals surface area contributed by atoms with Crippen LogP contribution < -0.4 is 10.6 Å². The second kappa shape index (κ2) is 11.2. The van der Waals surface area contributed by atoms with Gasteiger partial charge in [-0.2, -0.15) is 0 Å².